The summed E-state index contributed by atoms with van der Waals surface area (Å²) < 4.78 is 5.72. The first-order chi connectivity index (χ1) is 10.6. The second-order valence-electron chi connectivity index (χ2n) is 4.91. The van der Waals surface area contributed by atoms with Crippen LogP contribution in [0.25, 0.3) is 0 Å². The minimum atomic E-state index is -0.219. The molecule has 0 saturated heterocycles. The van der Waals surface area contributed by atoms with Crippen molar-refractivity contribution >= 4 is 5.91 Å². The molecule has 118 valence electrons. The van der Waals surface area contributed by atoms with Crippen molar-refractivity contribution in [2.75, 3.05) is 6.61 Å². The summed E-state index contributed by atoms with van der Waals surface area (Å²) in [5.74, 6) is 0.418. The van der Waals surface area contributed by atoms with Crippen LogP contribution in [-0.4, -0.2) is 12.5 Å². The van der Waals surface area contributed by atoms with Gasteiger partial charge >= 0.3 is 0 Å². The number of carbonyl (C=O) groups excluding carboxylic acids is 1. The topological polar surface area (TPSA) is 38.3 Å². The van der Waals surface area contributed by atoms with Gasteiger partial charge in [-0.25, -0.2) is 0 Å². The van der Waals surface area contributed by atoms with Crippen LogP contribution < -0.4 is 5.32 Å². The minimum Gasteiger partial charge on any atom is -0.494 e. The third-order valence-corrected chi connectivity index (χ3v) is 3.31. The number of hydrogen-bond acceptors (Lipinski definition) is 2. The van der Waals surface area contributed by atoms with Crippen molar-refractivity contribution in [3.8, 4) is 0 Å². The molecule has 0 bridgehead atoms. The summed E-state index contributed by atoms with van der Waals surface area (Å²) in [6.45, 7) is 12.1. The predicted octanol–water partition coefficient (Wildman–Crippen LogP) is 4.34. The van der Waals surface area contributed by atoms with Crippen molar-refractivity contribution < 1.29 is 9.53 Å². The van der Waals surface area contributed by atoms with E-state index in [1.165, 1.54) is 6.08 Å². The first-order valence-corrected chi connectivity index (χ1v) is 7.56. The fraction of sp³-hybridized carbons (Fsp3) is 0.316. The van der Waals surface area contributed by atoms with Gasteiger partial charge in [0, 0.05) is 11.3 Å². The molecule has 3 heteroatoms. The molecule has 0 aromatic carbocycles. The summed E-state index contributed by atoms with van der Waals surface area (Å²) in [5, 5.41) is 2.84. The summed E-state index contributed by atoms with van der Waals surface area (Å²) in [4.78, 5) is 11.6. The summed E-state index contributed by atoms with van der Waals surface area (Å²) in [6.07, 6.45) is 13.9. The molecule has 1 aliphatic heterocycles. The monoisotopic (exact) mass is 299 g/mol. The summed E-state index contributed by atoms with van der Waals surface area (Å²) >= 11 is 0. The normalized spacial score (nSPS) is 21.5. The Balaban J connectivity index is 3.17. The Kier molecular flexibility index (Phi) is 7.76. The zero-order chi connectivity index (χ0) is 16.4. The molecular weight excluding hydrogens is 274 g/mol. The Bertz CT molecular complexity index is 548. The first kappa shape index (κ1) is 17.8. The van der Waals surface area contributed by atoms with Gasteiger partial charge in [-0.15, -0.1) is 0 Å². The minimum absolute atomic E-state index is 0.219. The van der Waals surface area contributed by atoms with Gasteiger partial charge in [0.25, 0.3) is 0 Å². The van der Waals surface area contributed by atoms with Crippen molar-refractivity contribution in [1.29, 1.82) is 0 Å². The van der Waals surface area contributed by atoms with Crippen LogP contribution in [0.3, 0.4) is 0 Å². The molecule has 0 unspecified atom stereocenters. The molecule has 1 heterocycles. The second-order valence-corrected chi connectivity index (χ2v) is 4.91. The maximum Gasteiger partial charge on any atom is 0.247 e. The second kappa shape index (κ2) is 9.61. The van der Waals surface area contributed by atoms with E-state index in [1.54, 1.807) is 0 Å². The van der Waals surface area contributed by atoms with Gasteiger partial charge in [-0.2, -0.15) is 0 Å². The highest BCUT2D eigenvalue weighted by Gasteiger charge is 2.12. The lowest BCUT2D eigenvalue weighted by atomic mass is 9.99. The van der Waals surface area contributed by atoms with Crippen LogP contribution in [0.5, 0.6) is 0 Å². The van der Waals surface area contributed by atoms with Crippen LogP contribution in [-0.2, 0) is 9.53 Å². The Morgan fingerprint density at radius 3 is 2.86 bits per heavy atom. The predicted molar refractivity (Wildman–Crippen MR) is 92.0 cm³/mol. The first-order valence-electron chi connectivity index (χ1n) is 7.56. The van der Waals surface area contributed by atoms with Crippen LogP contribution in [0.4, 0.5) is 0 Å². The summed E-state index contributed by atoms with van der Waals surface area (Å²) in [6, 6.07) is 0. The van der Waals surface area contributed by atoms with Crippen LogP contribution in [0, 0.1) is 0 Å². The lowest BCUT2D eigenvalue weighted by molar-refractivity contribution is -0.115. The van der Waals surface area contributed by atoms with Crippen molar-refractivity contribution in [3.05, 3.63) is 72.2 Å². The quantitative estimate of drug-likeness (QED) is 0.606. The standard InChI is InChI=1S/C19H25NO2/c1-5-8-11-16(6-2)18-14-17(20-19(21)7-3)12-9-10-13-22-15(18)4/h5-8,12,14H,3-4,9-11,13H2,1-2H3,(H,20,21)/b8-5-,16-6+,17-12+,18-14+. The molecule has 0 aliphatic carbocycles. The van der Waals surface area contributed by atoms with E-state index in [9.17, 15) is 4.79 Å². The average Bonchev–Trinajstić information content (AvgIpc) is 2.60. The van der Waals surface area contributed by atoms with E-state index in [0.29, 0.717) is 12.4 Å². The number of carbonyl (C=O) groups is 1. The fourth-order valence-corrected chi connectivity index (χ4v) is 2.09. The Morgan fingerprint density at radius 1 is 1.45 bits per heavy atom. The molecule has 1 aliphatic rings. The summed E-state index contributed by atoms with van der Waals surface area (Å²) in [5.41, 5.74) is 2.79. The zero-order valence-corrected chi connectivity index (χ0v) is 13.5. The zero-order valence-electron chi connectivity index (χ0n) is 13.5. The lowest BCUT2D eigenvalue weighted by Gasteiger charge is -2.15. The molecule has 1 rings (SSSR count). The number of rotatable bonds is 5. The van der Waals surface area contributed by atoms with E-state index in [2.05, 4.69) is 24.6 Å². The molecule has 22 heavy (non-hydrogen) atoms. The molecule has 0 radical (unpaired) electrons. The Labute approximate surface area is 133 Å². The largest absolute Gasteiger partial charge is 0.494 e. The van der Waals surface area contributed by atoms with Gasteiger partial charge in [0.15, 0.2) is 0 Å². The highest BCUT2D eigenvalue weighted by Crippen LogP contribution is 2.25. The number of nitrogens with one attached hydrogen (secondary N) is 1. The maximum atomic E-state index is 11.6. The van der Waals surface area contributed by atoms with E-state index >= 15 is 0 Å². The molecule has 0 saturated carbocycles. The molecule has 0 aromatic rings. The van der Waals surface area contributed by atoms with E-state index in [-0.39, 0.29) is 5.91 Å². The number of hydrogen-bond donors (Lipinski definition) is 1. The van der Waals surface area contributed by atoms with Crippen LogP contribution in [0.15, 0.2) is 72.2 Å². The number of amides is 1. The van der Waals surface area contributed by atoms with Crippen molar-refractivity contribution in [3.63, 3.8) is 0 Å². The molecule has 0 atom stereocenters. The highest BCUT2D eigenvalue weighted by atomic mass is 16.5. The molecule has 0 aromatic heterocycles. The Hall–Kier alpha value is -2.29. The number of allylic oxidation sites excluding steroid dienone is 6. The van der Waals surface area contributed by atoms with Crippen molar-refractivity contribution in [2.24, 2.45) is 0 Å². The van der Waals surface area contributed by atoms with E-state index in [4.69, 9.17) is 4.74 Å². The highest BCUT2D eigenvalue weighted by molar-refractivity contribution is 5.88. The van der Waals surface area contributed by atoms with Crippen LogP contribution >= 0.6 is 0 Å². The van der Waals surface area contributed by atoms with Crippen molar-refractivity contribution in [2.45, 2.75) is 33.1 Å². The van der Waals surface area contributed by atoms with Gasteiger partial charge in [-0.05, 0) is 50.8 Å². The van der Waals surface area contributed by atoms with Gasteiger partial charge in [-0.1, -0.05) is 37.5 Å². The van der Waals surface area contributed by atoms with Gasteiger partial charge < -0.3 is 10.1 Å². The lowest BCUT2D eigenvalue weighted by Crippen LogP contribution is -2.19. The molecule has 0 fully saturated rings. The fourth-order valence-electron chi connectivity index (χ4n) is 2.09. The molecular formula is C19H25NO2. The molecule has 1 amide bonds. The van der Waals surface area contributed by atoms with Gasteiger partial charge in [0.1, 0.15) is 5.76 Å². The van der Waals surface area contributed by atoms with Crippen LogP contribution in [0.1, 0.15) is 33.1 Å². The smallest absolute Gasteiger partial charge is 0.247 e. The van der Waals surface area contributed by atoms with Crippen LogP contribution in [0.2, 0.25) is 0 Å². The SMILES string of the molecule is C=CC(=O)NC1=C/CCCOC(=C)C(/C(=C/C)C/C=C\C)=C\1. The average molecular weight is 299 g/mol. The van der Waals surface area contributed by atoms with Gasteiger partial charge in [-0.3, -0.25) is 4.79 Å². The summed E-state index contributed by atoms with van der Waals surface area (Å²) in [7, 11) is 0. The molecule has 0 spiro atoms. The number of ether oxygens (including phenoxy) is 1. The van der Waals surface area contributed by atoms with E-state index in [0.717, 1.165) is 36.1 Å². The van der Waals surface area contributed by atoms with E-state index < -0.39 is 0 Å². The van der Waals surface area contributed by atoms with E-state index in [1.807, 2.05) is 38.2 Å². The maximum absolute atomic E-state index is 11.6. The van der Waals surface area contributed by atoms with Crippen molar-refractivity contribution in [1.82, 2.24) is 5.32 Å². The third-order valence-electron chi connectivity index (χ3n) is 3.31. The Morgan fingerprint density at radius 2 is 2.23 bits per heavy atom. The van der Waals surface area contributed by atoms with Gasteiger partial charge in [0.05, 0.1) is 6.61 Å². The third kappa shape index (κ3) is 5.60. The van der Waals surface area contributed by atoms with Gasteiger partial charge in [0.2, 0.25) is 5.91 Å². The molecule has 3 nitrogen and oxygen atoms in total. The molecule has 1 N–H and O–H groups in total.